The summed E-state index contributed by atoms with van der Waals surface area (Å²) >= 11 is 6.06. The van der Waals surface area contributed by atoms with E-state index in [4.69, 9.17) is 21.4 Å². The average Bonchev–Trinajstić information content (AvgIpc) is 2.36. The van der Waals surface area contributed by atoms with E-state index in [0.29, 0.717) is 10.8 Å². The molecule has 1 heterocycles. The van der Waals surface area contributed by atoms with Crippen molar-refractivity contribution >= 4 is 17.6 Å². The van der Waals surface area contributed by atoms with Gasteiger partial charge in [-0.15, -0.1) is 0 Å². The predicted octanol–water partition coefficient (Wildman–Crippen LogP) is 3.24. The van der Waals surface area contributed by atoms with E-state index in [2.05, 4.69) is 9.97 Å². The zero-order chi connectivity index (χ0) is 14.0. The number of hydrogen-bond donors (Lipinski definition) is 1. The molecule has 0 aliphatic heterocycles. The number of aromatic nitrogens is 2. The number of benzene rings is 1. The molecule has 0 unspecified atom stereocenters. The standard InChI is InChI=1S/C13H11ClN2O3/c1-7-3-10(4-8(2)11(7)14)19-13-15-5-9(6-16-13)12(17)18/h3-6H,1-2H3,(H,17,18). The molecular weight excluding hydrogens is 268 g/mol. The lowest BCUT2D eigenvalue weighted by Crippen LogP contribution is -2.00. The predicted molar refractivity (Wildman–Crippen MR) is 70.0 cm³/mol. The molecule has 0 spiro atoms. The van der Waals surface area contributed by atoms with Gasteiger partial charge in [0.15, 0.2) is 0 Å². The number of carboxylic acid groups (broad SMARTS) is 1. The summed E-state index contributed by atoms with van der Waals surface area (Å²) in [6, 6.07) is 3.62. The Morgan fingerprint density at radius 2 is 1.74 bits per heavy atom. The number of rotatable bonds is 3. The third-order valence-electron chi connectivity index (χ3n) is 2.49. The molecule has 0 atom stereocenters. The van der Waals surface area contributed by atoms with Crippen LogP contribution in [-0.2, 0) is 0 Å². The van der Waals surface area contributed by atoms with Gasteiger partial charge in [-0.3, -0.25) is 0 Å². The molecule has 6 heteroatoms. The number of aromatic carboxylic acids is 1. The van der Waals surface area contributed by atoms with Crippen LogP contribution >= 0.6 is 11.6 Å². The molecular formula is C13H11ClN2O3. The summed E-state index contributed by atoms with van der Waals surface area (Å²) in [6.45, 7) is 3.74. The highest BCUT2D eigenvalue weighted by molar-refractivity contribution is 6.32. The monoisotopic (exact) mass is 278 g/mol. The first kappa shape index (κ1) is 13.3. The maximum absolute atomic E-state index is 10.7. The molecule has 0 saturated heterocycles. The Hall–Kier alpha value is -2.14. The summed E-state index contributed by atoms with van der Waals surface area (Å²) in [5, 5.41) is 9.42. The van der Waals surface area contributed by atoms with Gasteiger partial charge in [-0.05, 0) is 37.1 Å². The van der Waals surface area contributed by atoms with Crippen molar-refractivity contribution in [1.82, 2.24) is 9.97 Å². The van der Waals surface area contributed by atoms with Crippen molar-refractivity contribution in [2.45, 2.75) is 13.8 Å². The van der Waals surface area contributed by atoms with E-state index < -0.39 is 5.97 Å². The fraction of sp³-hybridized carbons (Fsp3) is 0.154. The Kier molecular flexibility index (Phi) is 3.66. The van der Waals surface area contributed by atoms with Crippen LogP contribution in [-0.4, -0.2) is 21.0 Å². The molecule has 1 N–H and O–H groups in total. The SMILES string of the molecule is Cc1cc(Oc2ncc(C(=O)O)cn2)cc(C)c1Cl. The Morgan fingerprint density at radius 1 is 1.21 bits per heavy atom. The number of aryl methyl sites for hydroxylation is 2. The maximum atomic E-state index is 10.7. The van der Waals surface area contributed by atoms with Crippen LogP contribution in [0.4, 0.5) is 0 Å². The van der Waals surface area contributed by atoms with Gasteiger partial charge in [0.1, 0.15) is 5.75 Å². The Balaban J connectivity index is 2.24. The van der Waals surface area contributed by atoms with Gasteiger partial charge in [0.25, 0.3) is 0 Å². The van der Waals surface area contributed by atoms with Crippen molar-refractivity contribution in [3.8, 4) is 11.8 Å². The molecule has 1 aromatic heterocycles. The van der Waals surface area contributed by atoms with E-state index in [1.165, 1.54) is 12.4 Å². The number of ether oxygens (including phenoxy) is 1. The minimum atomic E-state index is -1.08. The largest absolute Gasteiger partial charge is 0.478 e. The number of carbonyl (C=O) groups is 1. The second kappa shape index (κ2) is 5.24. The first-order valence-corrected chi connectivity index (χ1v) is 5.85. The highest BCUT2D eigenvalue weighted by Crippen LogP contribution is 2.27. The average molecular weight is 279 g/mol. The van der Waals surface area contributed by atoms with Crippen molar-refractivity contribution in [1.29, 1.82) is 0 Å². The summed E-state index contributed by atoms with van der Waals surface area (Å²) in [5.74, 6) is -0.521. The lowest BCUT2D eigenvalue weighted by atomic mass is 10.1. The lowest BCUT2D eigenvalue weighted by molar-refractivity contribution is 0.0696. The van der Waals surface area contributed by atoms with Crippen LogP contribution in [0.15, 0.2) is 24.5 Å². The first-order valence-electron chi connectivity index (χ1n) is 5.47. The smallest absolute Gasteiger partial charge is 0.338 e. The summed E-state index contributed by atoms with van der Waals surface area (Å²) in [7, 11) is 0. The molecule has 0 saturated carbocycles. The van der Waals surface area contributed by atoms with Gasteiger partial charge in [-0.25, -0.2) is 14.8 Å². The Labute approximate surface area is 114 Å². The van der Waals surface area contributed by atoms with E-state index in [0.717, 1.165) is 11.1 Å². The molecule has 0 bridgehead atoms. The number of halogens is 1. The van der Waals surface area contributed by atoms with Crippen LogP contribution < -0.4 is 4.74 Å². The third-order valence-corrected chi connectivity index (χ3v) is 3.09. The topological polar surface area (TPSA) is 72.3 Å². The number of carboxylic acids is 1. The van der Waals surface area contributed by atoms with Crippen LogP contribution in [0.25, 0.3) is 0 Å². The summed E-state index contributed by atoms with van der Waals surface area (Å²) in [5.41, 5.74) is 1.79. The zero-order valence-electron chi connectivity index (χ0n) is 10.3. The zero-order valence-corrected chi connectivity index (χ0v) is 11.1. The maximum Gasteiger partial charge on any atom is 0.338 e. The van der Waals surface area contributed by atoms with Gasteiger partial charge in [0, 0.05) is 17.4 Å². The van der Waals surface area contributed by atoms with Gasteiger partial charge >= 0.3 is 12.0 Å². The van der Waals surface area contributed by atoms with E-state index >= 15 is 0 Å². The molecule has 0 radical (unpaired) electrons. The van der Waals surface area contributed by atoms with Crippen molar-refractivity contribution in [2.24, 2.45) is 0 Å². The van der Waals surface area contributed by atoms with E-state index in [1.807, 2.05) is 13.8 Å². The molecule has 1 aromatic carbocycles. The summed E-state index contributed by atoms with van der Waals surface area (Å²) in [6.07, 6.45) is 2.39. The van der Waals surface area contributed by atoms with Crippen LogP contribution in [0.1, 0.15) is 21.5 Å². The molecule has 98 valence electrons. The molecule has 19 heavy (non-hydrogen) atoms. The van der Waals surface area contributed by atoms with Crippen molar-refractivity contribution in [3.05, 3.63) is 46.2 Å². The third kappa shape index (κ3) is 3.00. The fourth-order valence-corrected chi connectivity index (χ4v) is 1.66. The van der Waals surface area contributed by atoms with Gasteiger partial charge in [-0.2, -0.15) is 0 Å². The van der Waals surface area contributed by atoms with Crippen molar-refractivity contribution < 1.29 is 14.6 Å². The number of hydrogen-bond acceptors (Lipinski definition) is 4. The minimum Gasteiger partial charge on any atom is -0.478 e. The molecule has 5 nitrogen and oxygen atoms in total. The van der Waals surface area contributed by atoms with Gasteiger partial charge in [0.05, 0.1) is 5.56 Å². The minimum absolute atomic E-state index is 0.0100. The second-order valence-electron chi connectivity index (χ2n) is 4.03. The van der Waals surface area contributed by atoms with E-state index in [1.54, 1.807) is 12.1 Å². The van der Waals surface area contributed by atoms with Gasteiger partial charge < -0.3 is 9.84 Å². The molecule has 0 fully saturated rings. The molecule has 2 rings (SSSR count). The van der Waals surface area contributed by atoms with Crippen LogP contribution in [0.2, 0.25) is 5.02 Å². The van der Waals surface area contributed by atoms with Crippen molar-refractivity contribution in [3.63, 3.8) is 0 Å². The van der Waals surface area contributed by atoms with E-state index in [9.17, 15) is 4.79 Å². The molecule has 0 aliphatic carbocycles. The number of nitrogens with zero attached hydrogens (tertiary/aromatic N) is 2. The molecule has 0 aliphatic rings. The normalized spacial score (nSPS) is 10.3. The Morgan fingerprint density at radius 3 is 2.21 bits per heavy atom. The van der Waals surface area contributed by atoms with Gasteiger partial charge in [0.2, 0.25) is 0 Å². The summed E-state index contributed by atoms with van der Waals surface area (Å²) in [4.78, 5) is 18.3. The molecule has 2 aromatic rings. The fourth-order valence-electron chi connectivity index (χ4n) is 1.55. The van der Waals surface area contributed by atoms with Crippen LogP contribution in [0, 0.1) is 13.8 Å². The van der Waals surface area contributed by atoms with Crippen LogP contribution in [0.3, 0.4) is 0 Å². The van der Waals surface area contributed by atoms with Crippen LogP contribution in [0.5, 0.6) is 11.8 Å². The highest BCUT2D eigenvalue weighted by atomic mass is 35.5. The van der Waals surface area contributed by atoms with Gasteiger partial charge in [-0.1, -0.05) is 11.6 Å². The van der Waals surface area contributed by atoms with Crippen molar-refractivity contribution in [2.75, 3.05) is 0 Å². The highest BCUT2D eigenvalue weighted by Gasteiger charge is 2.08. The first-order chi connectivity index (χ1) is 8.97. The quantitative estimate of drug-likeness (QED) is 0.933. The molecule has 0 amide bonds. The lowest BCUT2D eigenvalue weighted by Gasteiger charge is -2.08. The second-order valence-corrected chi connectivity index (χ2v) is 4.41. The van der Waals surface area contributed by atoms with E-state index in [-0.39, 0.29) is 11.6 Å². The Bertz CT molecular complexity index is 603. The summed E-state index contributed by atoms with van der Waals surface area (Å²) < 4.78 is 5.46.